The van der Waals surface area contributed by atoms with Crippen molar-refractivity contribution < 1.29 is 23.8 Å². The van der Waals surface area contributed by atoms with E-state index >= 15 is 0 Å². The lowest BCUT2D eigenvalue weighted by molar-refractivity contribution is 0.102. The predicted molar refractivity (Wildman–Crippen MR) is 174 cm³/mol. The van der Waals surface area contributed by atoms with Crippen molar-refractivity contribution in [2.24, 2.45) is 5.92 Å². The average Bonchev–Trinajstić information content (AvgIpc) is 3.10. The molecule has 2 saturated heterocycles. The van der Waals surface area contributed by atoms with Crippen LogP contribution in [0.5, 0.6) is 23.1 Å². The van der Waals surface area contributed by atoms with Gasteiger partial charge in [0.1, 0.15) is 17.3 Å². The van der Waals surface area contributed by atoms with E-state index in [-0.39, 0.29) is 5.91 Å². The van der Waals surface area contributed by atoms with E-state index in [1.54, 1.807) is 29.3 Å². The highest BCUT2D eigenvalue weighted by Crippen LogP contribution is 2.25. The topological polar surface area (TPSA) is 106 Å². The molecule has 0 unspecified atom stereocenters. The van der Waals surface area contributed by atoms with Gasteiger partial charge in [0.15, 0.2) is 5.75 Å². The average molecular weight is 622 g/mol. The Hall–Kier alpha value is -4.96. The third-order valence-electron chi connectivity index (χ3n) is 8.30. The molecule has 4 aromatic rings. The highest BCUT2D eigenvalue weighted by Gasteiger charge is 2.25. The quantitative estimate of drug-likeness (QED) is 0.206. The molecule has 10 heteroatoms. The number of carbonyl (C=O) groups excluding carboxylic acids is 2. The van der Waals surface area contributed by atoms with E-state index in [1.807, 2.05) is 60.7 Å². The maximum Gasteiger partial charge on any atom is 0.415 e. The molecule has 0 aliphatic carbocycles. The molecule has 2 amide bonds. The summed E-state index contributed by atoms with van der Waals surface area (Å²) >= 11 is 0. The fourth-order valence-corrected chi connectivity index (χ4v) is 5.63. The predicted octanol–water partition coefficient (Wildman–Crippen LogP) is 6.80. The first kappa shape index (κ1) is 31.0. The Morgan fingerprint density at radius 3 is 2.22 bits per heavy atom. The van der Waals surface area contributed by atoms with Crippen molar-refractivity contribution in [1.29, 1.82) is 0 Å². The minimum Gasteiger partial charge on any atom is -0.493 e. The van der Waals surface area contributed by atoms with Crippen molar-refractivity contribution in [1.82, 2.24) is 19.8 Å². The van der Waals surface area contributed by atoms with Crippen molar-refractivity contribution in [2.75, 3.05) is 38.1 Å². The van der Waals surface area contributed by atoms with Crippen molar-refractivity contribution in [3.8, 4) is 23.1 Å². The Morgan fingerprint density at radius 1 is 0.783 bits per heavy atom. The van der Waals surface area contributed by atoms with Gasteiger partial charge in [0, 0.05) is 37.5 Å². The number of anilines is 1. The Morgan fingerprint density at radius 2 is 1.52 bits per heavy atom. The zero-order valence-electron chi connectivity index (χ0n) is 25.8. The molecule has 0 bridgehead atoms. The Kier molecular flexibility index (Phi) is 10.4. The maximum atomic E-state index is 12.8. The van der Waals surface area contributed by atoms with Crippen LogP contribution in [-0.2, 0) is 6.54 Å². The summed E-state index contributed by atoms with van der Waals surface area (Å²) in [5, 5.41) is 2.81. The van der Waals surface area contributed by atoms with Gasteiger partial charge in [0.2, 0.25) is 5.88 Å². The molecule has 1 N–H and O–H groups in total. The van der Waals surface area contributed by atoms with E-state index in [1.165, 1.54) is 31.0 Å². The number of carbonyl (C=O) groups is 2. The highest BCUT2D eigenvalue weighted by molar-refractivity contribution is 6.03. The molecular weight excluding hydrogens is 582 g/mol. The van der Waals surface area contributed by atoms with E-state index < -0.39 is 6.09 Å². The SMILES string of the molecule is O=C(Nc1ccc(OC(=O)N2CCC(COc3ccc(Oc4ccccn4)cc3)CC2)cn1)c1ccc(CN2CCCCC2)cc1. The molecule has 2 aromatic carbocycles. The van der Waals surface area contributed by atoms with Gasteiger partial charge in [0.05, 0.1) is 12.8 Å². The molecule has 2 aliphatic rings. The van der Waals surface area contributed by atoms with Crippen LogP contribution in [-0.4, -0.2) is 64.6 Å². The zero-order valence-corrected chi connectivity index (χ0v) is 25.8. The zero-order chi connectivity index (χ0) is 31.6. The number of benzene rings is 2. The third-order valence-corrected chi connectivity index (χ3v) is 8.30. The van der Waals surface area contributed by atoms with Gasteiger partial charge in [-0.3, -0.25) is 9.69 Å². The number of nitrogens with one attached hydrogen (secondary N) is 1. The Labute approximate surface area is 269 Å². The maximum absolute atomic E-state index is 12.8. The van der Waals surface area contributed by atoms with Gasteiger partial charge in [-0.2, -0.15) is 0 Å². The summed E-state index contributed by atoms with van der Waals surface area (Å²) in [6.07, 6.45) is 8.18. The second-order valence-electron chi connectivity index (χ2n) is 11.7. The molecule has 2 aliphatic heterocycles. The molecule has 6 rings (SSSR count). The van der Waals surface area contributed by atoms with Gasteiger partial charge in [0.25, 0.3) is 5.91 Å². The Bertz CT molecular complexity index is 1550. The number of ether oxygens (including phenoxy) is 3. The minimum absolute atomic E-state index is 0.236. The van der Waals surface area contributed by atoms with E-state index in [9.17, 15) is 9.59 Å². The molecule has 0 spiro atoms. The van der Waals surface area contributed by atoms with Crippen LogP contribution in [0, 0.1) is 5.92 Å². The number of hydrogen-bond donors (Lipinski definition) is 1. The summed E-state index contributed by atoms with van der Waals surface area (Å²) in [4.78, 5) is 38.1. The van der Waals surface area contributed by atoms with Gasteiger partial charge in [-0.05, 0) is 105 Å². The summed E-state index contributed by atoms with van der Waals surface area (Å²) in [7, 11) is 0. The number of aromatic nitrogens is 2. The first-order valence-electron chi connectivity index (χ1n) is 15.9. The molecule has 10 nitrogen and oxygen atoms in total. The minimum atomic E-state index is -0.411. The van der Waals surface area contributed by atoms with Crippen LogP contribution in [0.15, 0.2) is 91.3 Å². The van der Waals surface area contributed by atoms with Crippen molar-refractivity contribution in [3.63, 3.8) is 0 Å². The lowest BCUT2D eigenvalue weighted by atomic mass is 9.98. The summed E-state index contributed by atoms with van der Waals surface area (Å²) in [6.45, 7) is 4.92. The van der Waals surface area contributed by atoms with Gasteiger partial charge < -0.3 is 24.4 Å². The fourth-order valence-electron chi connectivity index (χ4n) is 5.63. The monoisotopic (exact) mass is 621 g/mol. The number of nitrogens with zero attached hydrogens (tertiary/aromatic N) is 4. The lowest BCUT2D eigenvalue weighted by Crippen LogP contribution is -2.41. The summed E-state index contributed by atoms with van der Waals surface area (Å²) in [5.74, 6) is 2.81. The molecule has 0 atom stereocenters. The van der Waals surface area contributed by atoms with Gasteiger partial charge in [-0.1, -0.05) is 24.6 Å². The molecule has 4 heterocycles. The number of hydrogen-bond acceptors (Lipinski definition) is 8. The van der Waals surface area contributed by atoms with Crippen LogP contribution < -0.4 is 19.5 Å². The molecule has 238 valence electrons. The second kappa shape index (κ2) is 15.4. The molecule has 46 heavy (non-hydrogen) atoms. The lowest BCUT2D eigenvalue weighted by Gasteiger charge is -2.31. The molecule has 0 radical (unpaired) electrons. The van der Waals surface area contributed by atoms with E-state index in [0.717, 1.165) is 38.2 Å². The normalized spacial score (nSPS) is 15.6. The smallest absolute Gasteiger partial charge is 0.415 e. The van der Waals surface area contributed by atoms with Crippen LogP contribution in [0.4, 0.5) is 10.6 Å². The summed E-state index contributed by atoms with van der Waals surface area (Å²) < 4.78 is 17.3. The van der Waals surface area contributed by atoms with Crippen LogP contribution in [0.1, 0.15) is 48.0 Å². The van der Waals surface area contributed by atoms with Crippen LogP contribution in [0.3, 0.4) is 0 Å². The van der Waals surface area contributed by atoms with Crippen LogP contribution >= 0.6 is 0 Å². The van der Waals surface area contributed by atoms with Crippen molar-refractivity contribution in [3.05, 3.63) is 102 Å². The molecular formula is C36H39N5O5. The van der Waals surface area contributed by atoms with E-state index in [4.69, 9.17) is 14.2 Å². The number of rotatable bonds is 10. The first-order valence-corrected chi connectivity index (χ1v) is 15.9. The summed E-state index contributed by atoms with van der Waals surface area (Å²) in [6, 6.07) is 24.0. The highest BCUT2D eigenvalue weighted by atomic mass is 16.6. The number of likely N-dealkylation sites (tertiary alicyclic amines) is 2. The standard InChI is InChI=1S/C36H39N5O5/c42-35(29-9-7-27(8-10-29)25-40-20-4-1-5-21-40)39-33-16-15-32(24-38-33)46-36(43)41-22-17-28(18-23-41)26-44-30-11-13-31(14-12-30)45-34-6-2-3-19-37-34/h2-3,6-16,19,24,28H,1,4-5,17-18,20-23,25-26H2,(H,38,39,42). The van der Waals surface area contributed by atoms with E-state index in [0.29, 0.717) is 54.4 Å². The molecule has 2 fully saturated rings. The van der Waals surface area contributed by atoms with Gasteiger partial charge in [-0.15, -0.1) is 0 Å². The molecule has 0 saturated carbocycles. The number of pyridine rings is 2. The molecule has 2 aromatic heterocycles. The number of piperidine rings is 2. The van der Waals surface area contributed by atoms with E-state index in [2.05, 4.69) is 20.2 Å². The Balaban J connectivity index is 0.898. The first-order chi connectivity index (χ1) is 22.6. The van der Waals surface area contributed by atoms with Gasteiger partial charge >= 0.3 is 6.09 Å². The van der Waals surface area contributed by atoms with Crippen LogP contribution in [0.25, 0.3) is 0 Å². The van der Waals surface area contributed by atoms with Crippen molar-refractivity contribution in [2.45, 2.75) is 38.6 Å². The summed E-state index contributed by atoms with van der Waals surface area (Å²) in [5.41, 5.74) is 1.77. The third kappa shape index (κ3) is 8.82. The largest absolute Gasteiger partial charge is 0.493 e. The van der Waals surface area contributed by atoms with Gasteiger partial charge in [-0.25, -0.2) is 14.8 Å². The second-order valence-corrected chi connectivity index (χ2v) is 11.7. The number of amides is 2. The van der Waals surface area contributed by atoms with Crippen molar-refractivity contribution >= 4 is 17.8 Å². The van der Waals surface area contributed by atoms with Crippen LogP contribution in [0.2, 0.25) is 0 Å². The fraction of sp³-hybridized carbons (Fsp3) is 0.333.